The zero-order valence-electron chi connectivity index (χ0n) is 12.0. The van der Waals surface area contributed by atoms with Gasteiger partial charge in [-0.3, -0.25) is 0 Å². The van der Waals surface area contributed by atoms with Gasteiger partial charge >= 0.3 is 5.97 Å². The molecule has 1 aliphatic heterocycles. The normalized spacial score (nSPS) is 26.9. The molecule has 0 fully saturated rings. The number of nitrogens with zero attached hydrogens (tertiary/aromatic N) is 1. The fourth-order valence-electron chi connectivity index (χ4n) is 2.61. The number of oxime groups is 1. The Kier molecular flexibility index (Phi) is 4.47. The molecule has 0 bridgehead atoms. The van der Waals surface area contributed by atoms with Gasteiger partial charge in [-0.15, -0.1) is 0 Å². The van der Waals surface area contributed by atoms with Gasteiger partial charge in [0.05, 0.1) is 5.71 Å². The van der Waals surface area contributed by atoms with Gasteiger partial charge < -0.3 is 14.7 Å². The number of allylic oxidation sites excluding steroid dienone is 1. The van der Waals surface area contributed by atoms with Crippen molar-refractivity contribution >= 4 is 11.7 Å². The minimum atomic E-state index is -0.673. The Morgan fingerprint density at radius 3 is 2.90 bits per heavy atom. The van der Waals surface area contributed by atoms with E-state index in [2.05, 4.69) is 5.16 Å². The maximum Gasteiger partial charge on any atom is 0.344 e. The van der Waals surface area contributed by atoms with Gasteiger partial charge in [0.1, 0.15) is 23.5 Å². The van der Waals surface area contributed by atoms with Crippen molar-refractivity contribution in [2.75, 3.05) is 6.61 Å². The quantitative estimate of drug-likeness (QED) is 0.372. The SMILES string of the molecule is CCO/N=C(/CC)C1=C(O)CC2(C=CCCC2)OC1=O. The van der Waals surface area contributed by atoms with Crippen LogP contribution < -0.4 is 0 Å². The van der Waals surface area contributed by atoms with Crippen molar-refractivity contribution in [3.8, 4) is 0 Å². The lowest BCUT2D eigenvalue weighted by Gasteiger charge is -2.36. The molecule has 1 aliphatic carbocycles. The Morgan fingerprint density at radius 1 is 1.55 bits per heavy atom. The highest BCUT2D eigenvalue weighted by Gasteiger charge is 2.41. The number of rotatable bonds is 4. The third-order valence-corrected chi connectivity index (χ3v) is 3.57. The molecule has 2 rings (SSSR count). The molecule has 1 N–H and O–H groups in total. The van der Waals surface area contributed by atoms with Crippen LogP contribution in [-0.4, -0.2) is 29.0 Å². The van der Waals surface area contributed by atoms with Gasteiger partial charge in [-0.2, -0.15) is 0 Å². The summed E-state index contributed by atoms with van der Waals surface area (Å²) in [6, 6.07) is 0. The van der Waals surface area contributed by atoms with Crippen LogP contribution in [0.5, 0.6) is 0 Å². The average molecular weight is 279 g/mol. The molecule has 0 aromatic heterocycles. The van der Waals surface area contributed by atoms with Crippen LogP contribution in [0.25, 0.3) is 0 Å². The molecule has 0 saturated carbocycles. The highest BCUT2D eigenvalue weighted by atomic mass is 16.6. The van der Waals surface area contributed by atoms with E-state index in [9.17, 15) is 9.90 Å². The predicted octanol–water partition coefficient (Wildman–Crippen LogP) is 3.03. The average Bonchev–Trinajstić information content (AvgIpc) is 2.42. The molecule has 2 aliphatic rings. The first-order chi connectivity index (χ1) is 9.62. The molecule has 1 spiro atoms. The van der Waals surface area contributed by atoms with Gasteiger partial charge in [0.25, 0.3) is 0 Å². The number of aliphatic hydroxyl groups excluding tert-OH is 1. The van der Waals surface area contributed by atoms with Gasteiger partial charge in [0.2, 0.25) is 0 Å². The van der Waals surface area contributed by atoms with Gasteiger partial charge in [0.15, 0.2) is 0 Å². The van der Waals surface area contributed by atoms with Crippen molar-refractivity contribution in [2.24, 2.45) is 5.16 Å². The number of aliphatic hydroxyl groups is 1. The second kappa shape index (κ2) is 6.11. The van der Waals surface area contributed by atoms with Crippen LogP contribution in [-0.2, 0) is 14.4 Å². The van der Waals surface area contributed by atoms with Crippen molar-refractivity contribution < 1.29 is 19.5 Å². The molecule has 20 heavy (non-hydrogen) atoms. The number of carbonyl (C=O) groups is 1. The zero-order valence-corrected chi connectivity index (χ0v) is 12.0. The molecule has 110 valence electrons. The van der Waals surface area contributed by atoms with Crippen LogP contribution in [0.15, 0.2) is 28.6 Å². The standard InChI is InChI=1S/C15H21NO4/c1-3-11(16-19-4-2)13-12(17)10-15(20-14(13)18)8-6-5-7-9-15/h6,8,17H,3-5,7,9-10H2,1-2H3/b16-11-. The Labute approximate surface area is 118 Å². The number of hydrogen-bond acceptors (Lipinski definition) is 5. The molecule has 0 aromatic rings. The van der Waals surface area contributed by atoms with Crippen LogP contribution in [0, 0.1) is 0 Å². The van der Waals surface area contributed by atoms with Gasteiger partial charge in [0, 0.05) is 6.42 Å². The Morgan fingerprint density at radius 2 is 2.35 bits per heavy atom. The number of carbonyl (C=O) groups excluding carboxylic acids is 1. The Bertz CT molecular complexity index is 478. The van der Waals surface area contributed by atoms with Crippen molar-refractivity contribution in [3.05, 3.63) is 23.5 Å². The second-order valence-electron chi connectivity index (χ2n) is 5.06. The monoisotopic (exact) mass is 279 g/mol. The highest BCUT2D eigenvalue weighted by Crippen LogP contribution is 2.37. The lowest BCUT2D eigenvalue weighted by atomic mass is 9.84. The second-order valence-corrected chi connectivity index (χ2v) is 5.06. The van der Waals surface area contributed by atoms with Crippen LogP contribution in [0.2, 0.25) is 0 Å². The number of esters is 1. The van der Waals surface area contributed by atoms with E-state index in [1.807, 2.05) is 26.0 Å². The highest BCUT2D eigenvalue weighted by molar-refractivity contribution is 6.20. The van der Waals surface area contributed by atoms with Crippen molar-refractivity contribution in [3.63, 3.8) is 0 Å². The first kappa shape index (κ1) is 14.6. The predicted molar refractivity (Wildman–Crippen MR) is 75.4 cm³/mol. The topological polar surface area (TPSA) is 68.1 Å². The van der Waals surface area contributed by atoms with Crippen LogP contribution in [0.4, 0.5) is 0 Å². The smallest absolute Gasteiger partial charge is 0.344 e. The minimum Gasteiger partial charge on any atom is -0.511 e. The summed E-state index contributed by atoms with van der Waals surface area (Å²) in [5, 5.41) is 14.2. The molecule has 1 heterocycles. The third kappa shape index (κ3) is 2.86. The van der Waals surface area contributed by atoms with E-state index in [4.69, 9.17) is 9.57 Å². The molecular formula is C15H21NO4. The van der Waals surface area contributed by atoms with E-state index in [0.717, 1.165) is 19.3 Å². The number of ether oxygens (including phenoxy) is 1. The van der Waals surface area contributed by atoms with Gasteiger partial charge in [-0.25, -0.2) is 4.79 Å². The zero-order chi connectivity index (χ0) is 14.6. The molecule has 5 heteroatoms. The summed E-state index contributed by atoms with van der Waals surface area (Å²) in [7, 11) is 0. The van der Waals surface area contributed by atoms with Crippen molar-refractivity contribution in [1.82, 2.24) is 0 Å². The van der Waals surface area contributed by atoms with Gasteiger partial charge in [-0.1, -0.05) is 18.2 Å². The summed E-state index contributed by atoms with van der Waals surface area (Å²) in [5.41, 5.74) is -0.0811. The van der Waals surface area contributed by atoms with E-state index in [1.54, 1.807) is 0 Å². The summed E-state index contributed by atoms with van der Waals surface area (Å²) in [5.74, 6) is -0.464. The lowest BCUT2D eigenvalue weighted by Crippen LogP contribution is -2.41. The minimum absolute atomic E-state index is 0.0492. The van der Waals surface area contributed by atoms with E-state index >= 15 is 0 Å². The van der Waals surface area contributed by atoms with E-state index in [0.29, 0.717) is 25.2 Å². The molecule has 0 aromatic carbocycles. The first-order valence-electron chi connectivity index (χ1n) is 7.14. The van der Waals surface area contributed by atoms with Gasteiger partial charge in [-0.05, 0) is 38.7 Å². The Balaban J connectivity index is 2.30. The summed E-state index contributed by atoms with van der Waals surface area (Å²) < 4.78 is 5.58. The van der Waals surface area contributed by atoms with Crippen molar-refractivity contribution in [2.45, 2.75) is 51.6 Å². The third-order valence-electron chi connectivity index (χ3n) is 3.57. The molecule has 1 atom stereocenters. The van der Waals surface area contributed by atoms with E-state index in [-0.39, 0.29) is 11.3 Å². The van der Waals surface area contributed by atoms with E-state index < -0.39 is 11.6 Å². The van der Waals surface area contributed by atoms with Crippen LogP contribution in [0.1, 0.15) is 46.0 Å². The summed E-state index contributed by atoms with van der Waals surface area (Å²) in [6.45, 7) is 4.08. The van der Waals surface area contributed by atoms with Crippen LogP contribution >= 0.6 is 0 Å². The Hall–Kier alpha value is -1.78. The molecular weight excluding hydrogens is 258 g/mol. The molecule has 0 saturated heterocycles. The largest absolute Gasteiger partial charge is 0.511 e. The van der Waals surface area contributed by atoms with Crippen LogP contribution in [0.3, 0.4) is 0 Å². The lowest BCUT2D eigenvalue weighted by molar-refractivity contribution is -0.153. The maximum absolute atomic E-state index is 12.2. The number of hydrogen-bond donors (Lipinski definition) is 1. The summed E-state index contributed by atoms with van der Waals surface area (Å²) in [6.07, 6.45) is 7.41. The molecule has 0 amide bonds. The summed E-state index contributed by atoms with van der Waals surface area (Å²) in [4.78, 5) is 17.2. The van der Waals surface area contributed by atoms with E-state index in [1.165, 1.54) is 0 Å². The summed E-state index contributed by atoms with van der Waals surface area (Å²) >= 11 is 0. The maximum atomic E-state index is 12.2. The fourth-order valence-corrected chi connectivity index (χ4v) is 2.61. The first-order valence-corrected chi connectivity index (χ1v) is 7.14. The van der Waals surface area contributed by atoms with Crippen molar-refractivity contribution in [1.29, 1.82) is 0 Å². The fraction of sp³-hybridized carbons (Fsp3) is 0.600. The molecule has 5 nitrogen and oxygen atoms in total. The molecule has 0 radical (unpaired) electrons. The molecule has 1 unspecified atom stereocenters.